The number of hydrogen-bond acceptors (Lipinski definition) is 5. The third-order valence-electron chi connectivity index (χ3n) is 7.79. The molecule has 2 aliphatic heterocycles. The fourth-order valence-electron chi connectivity index (χ4n) is 5.35. The number of piperidine rings is 2. The largest absolute Gasteiger partial charge is 0.371 e. The first-order valence-electron chi connectivity index (χ1n) is 12.1. The molecule has 0 unspecified atom stereocenters. The van der Waals surface area contributed by atoms with Gasteiger partial charge in [0, 0.05) is 48.8 Å². The molecule has 1 spiro atoms. The van der Waals surface area contributed by atoms with Crippen molar-refractivity contribution in [3.8, 4) is 0 Å². The Hall–Kier alpha value is -2.50. The first-order chi connectivity index (χ1) is 16.8. The maximum Gasteiger partial charge on any atom is 0.257 e. The number of nitrogens with one attached hydrogen (secondary N) is 1. The van der Waals surface area contributed by atoms with Gasteiger partial charge in [-0.15, -0.1) is 10.2 Å². The third kappa shape index (κ3) is 4.56. The normalized spacial score (nSPS) is 20.9. The number of fused-ring (bicyclic) bond motifs is 1. The van der Waals surface area contributed by atoms with Gasteiger partial charge in [0.1, 0.15) is 6.33 Å². The molecule has 1 aliphatic carbocycles. The van der Waals surface area contributed by atoms with Crippen molar-refractivity contribution < 1.29 is 13.6 Å². The van der Waals surface area contributed by atoms with Gasteiger partial charge in [-0.2, -0.15) is 0 Å². The fourth-order valence-corrected chi connectivity index (χ4v) is 5.83. The maximum absolute atomic E-state index is 13.7. The van der Waals surface area contributed by atoms with Crippen molar-refractivity contribution in [2.24, 2.45) is 5.41 Å². The molecule has 3 aliphatic rings. The summed E-state index contributed by atoms with van der Waals surface area (Å²) < 4.78 is 30.3. The summed E-state index contributed by atoms with van der Waals surface area (Å²) in [6.07, 6.45) is 7.96. The number of halogens is 3. The van der Waals surface area contributed by atoms with Crippen molar-refractivity contribution in [2.45, 2.75) is 44.4 Å². The summed E-state index contributed by atoms with van der Waals surface area (Å²) in [7, 11) is 0. The molecule has 7 nitrogen and oxygen atoms in total. The van der Waals surface area contributed by atoms with Crippen LogP contribution in [0.15, 0.2) is 36.8 Å². The van der Waals surface area contributed by atoms with E-state index in [1.807, 2.05) is 23.1 Å². The van der Waals surface area contributed by atoms with Crippen LogP contribution in [-0.2, 0) is 0 Å². The Morgan fingerprint density at radius 1 is 0.943 bits per heavy atom. The zero-order valence-electron chi connectivity index (χ0n) is 19.3. The number of rotatable bonds is 4. The van der Waals surface area contributed by atoms with E-state index in [9.17, 15) is 13.6 Å². The minimum Gasteiger partial charge on any atom is -0.371 e. The highest BCUT2D eigenvalue weighted by molar-refractivity contribution is 14.1. The first-order valence-corrected chi connectivity index (χ1v) is 13.2. The summed E-state index contributed by atoms with van der Waals surface area (Å²) in [5.74, 6) is -2.83. The summed E-state index contributed by atoms with van der Waals surface area (Å²) in [5, 5.41) is 11.2. The smallest absolute Gasteiger partial charge is 0.257 e. The lowest BCUT2D eigenvalue weighted by Crippen LogP contribution is -2.39. The number of hydrogen-bond donors (Lipinski definition) is 1. The van der Waals surface area contributed by atoms with E-state index in [2.05, 4.69) is 49.1 Å². The molecule has 3 aromatic rings. The van der Waals surface area contributed by atoms with Crippen molar-refractivity contribution in [1.82, 2.24) is 14.6 Å². The quantitative estimate of drug-likeness (QED) is 0.422. The summed E-state index contributed by atoms with van der Waals surface area (Å²) in [5.41, 5.74) is 4.03. The Bertz CT molecular complexity index is 1270. The lowest BCUT2D eigenvalue weighted by molar-refractivity contribution is -0.0220. The maximum atomic E-state index is 13.7. The highest BCUT2D eigenvalue weighted by Crippen LogP contribution is 2.54. The molecule has 1 N–H and O–H groups in total. The monoisotopic (exact) mass is 592 g/mol. The Kier molecular flexibility index (Phi) is 5.61. The average Bonchev–Trinajstić information content (AvgIpc) is 3.41. The molecular weight excluding hydrogens is 565 g/mol. The Morgan fingerprint density at radius 2 is 1.63 bits per heavy atom. The number of amides is 1. The van der Waals surface area contributed by atoms with E-state index in [0.29, 0.717) is 28.0 Å². The number of benzene rings is 1. The summed E-state index contributed by atoms with van der Waals surface area (Å²) in [4.78, 5) is 17.7. The fraction of sp³-hybridized carbons (Fsp3) is 0.480. The van der Waals surface area contributed by atoms with Crippen LogP contribution in [0.3, 0.4) is 0 Å². The van der Waals surface area contributed by atoms with Gasteiger partial charge in [-0.3, -0.25) is 9.20 Å². The number of carbonyl (C=O) groups excluding carboxylic acids is 1. The topological polar surface area (TPSA) is 65.8 Å². The van der Waals surface area contributed by atoms with Gasteiger partial charge in [-0.05, 0) is 78.0 Å². The third-order valence-corrected chi connectivity index (χ3v) is 8.46. The Labute approximate surface area is 216 Å². The van der Waals surface area contributed by atoms with E-state index in [-0.39, 0.29) is 31.8 Å². The average molecular weight is 592 g/mol. The standard InChI is InChI=1S/C25H27F2IN6O/c26-25(27)7-11-33(12-8-25)21-14-18(15-34-16-29-31-22(21)34)30-23(35)19-2-1-17(28)13-20(19)32-9-5-24(3-4-24)6-10-32/h1-2,13-16H,3-12H2,(H,30,35). The molecule has 10 heteroatoms. The van der Waals surface area contributed by atoms with E-state index in [1.165, 1.54) is 25.7 Å². The van der Waals surface area contributed by atoms with Crippen LogP contribution in [0.1, 0.15) is 48.9 Å². The van der Waals surface area contributed by atoms with Gasteiger partial charge in [-0.1, -0.05) is 0 Å². The molecule has 0 bridgehead atoms. The van der Waals surface area contributed by atoms with Gasteiger partial charge >= 0.3 is 0 Å². The van der Waals surface area contributed by atoms with E-state index in [4.69, 9.17) is 0 Å². The highest BCUT2D eigenvalue weighted by atomic mass is 127. The molecule has 3 fully saturated rings. The molecule has 1 saturated carbocycles. The molecule has 4 heterocycles. The molecule has 2 aromatic heterocycles. The van der Waals surface area contributed by atoms with Crippen LogP contribution in [0.5, 0.6) is 0 Å². The summed E-state index contributed by atoms with van der Waals surface area (Å²) >= 11 is 2.29. The number of aromatic nitrogens is 3. The van der Waals surface area contributed by atoms with Gasteiger partial charge in [-0.25, -0.2) is 8.78 Å². The Morgan fingerprint density at radius 3 is 2.34 bits per heavy atom. The van der Waals surface area contributed by atoms with Gasteiger partial charge in [0.25, 0.3) is 11.8 Å². The van der Waals surface area contributed by atoms with Gasteiger partial charge < -0.3 is 15.1 Å². The highest BCUT2D eigenvalue weighted by Gasteiger charge is 2.44. The zero-order chi connectivity index (χ0) is 24.2. The van der Waals surface area contributed by atoms with Crippen LogP contribution in [0.4, 0.5) is 25.8 Å². The van der Waals surface area contributed by atoms with Crippen molar-refractivity contribution in [2.75, 3.05) is 41.3 Å². The van der Waals surface area contributed by atoms with Crippen LogP contribution in [-0.4, -0.2) is 52.6 Å². The van der Waals surface area contributed by atoms with Crippen LogP contribution in [0, 0.1) is 8.99 Å². The summed E-state index contributed by atoms with van der Waals surface area (Å²) in [6, 6.07) is 7.74. The molecule has 35 heavy (non-hydrogen) atoms. The van der Waals surface area contributed by atoms with Crippen LogP contribution >= 0.6 is 22.6 Å². The van der Waals surface area contributed by atoms with Crippen LogP contribution in [0.25, 0.3) is 5.65 Å². The second kappa shape index (κ2) is 8.56. The second-order valence-electron chi connectivity index (χ2n) is 10.1. The second-order valence-corrected chi connectivity index (χ2v) is 11.4. The number of nitrogens with zero attached hydrogens (tertiary/aromatic N) is 5. The van der Waals surface area contributed by atoms with E-state index in [0.717, 1.165) is 22.3 Å². The van der Waals surface area contributed by atoms with Gasteiger partial charge in [0.05, 0.1) is 22.6 Å². The molecule has 184 valence electrons. The van der Waals surface area contributed by atoms with Crippen molar-refractivity contribution >= 4 is 51.2 Å². The van der Waals surface area contributed by atoms with Crippen molar-refractivity contribution in [3.63, 3.8) is 0 Å². The van der Waals surface area contributed by atoms with Gasteiger partial charge in [0.2, 0.25) is 0 Å². The first kappa shape index (κ1) is 22.9. The lowest BCUT2D eigenvalue weighted by atomic mass is 9.93. The molecular formula is C25H27F2IN6O. The van der Waals surface area contributed by atoms with Crippen molar-refractivity contribution in [1.29, 1.82) is 0 Å². The number of alkyl halides is 2. The number of anilines is 3. The molecule has 0 radical (unpaired) electrons. The predicted molar refractivity (Wildman–Crippen MR) is 140 cm³/mol. The van der Waals surface area contributed by atoms with E-state index in [1.54, 1.807) is 16.9 Å². The van der Waals surface area contributed by atoms with Crippen LogP contribution < -0.4 is 15.1 Å². The van der Waals surface area contributed by atoms with Crippen LogP contribution in [0.2, 0.25) is 0 Å². The molecule has 6 rings (SSSR count). The molecule has 0 atom stereocenters. The number of pyridine rings is 1. The lowest BCUT2D eigenvalue weighted by Gasteiger charge is -2.35. The van der Waals surface area contributed by atoms with Crippen molar-refractivity contribution in [3.05, 3.63) is 45.9 Å². The zero-order valence-corrected chi connectivity index (χ0v) is 21.5. The van der Waals surface area contributed by atoms with E-state index < -0.39 is 5.92 Å². The molecule has 1 amide bonds. The summed E-state index contributed by atoms with van der Waals surface area (Å²) in [6.45, 7) is 2.39. The van der Waals surface area contributed by atoms with Gasteiger partial charge in [0.15, 0.2) is 5.65 Å². The SMILES string of the molecule is O=C(Nc1cc(N2CCC(F)(F)CC2)c2nncn2c1)c1ccc(I)cc1N1CCC2(CC1)CC2. The molecule has 1 aromatic carbocycles. The minimum absolute atomic E-state index is 0.188. The Balaban J connectivity index is 1.27. The number of carbonyl (C=O) groups is 1. The van der Waals surface area contributed by atoms with E-state index >= 15 is 0 Å². The minimum atomic E-state index is -2.64. The molecule has 2 saturated heterocycles. The predicted octanol–water partition coefficient (Wildman–Crippen LogP) is 5.20.